The zero-order valence-electron chi connectivity index (χ0n) is 22.7. The maximum atomic E-state index is 12.8. The van der Waals surface area contributed by atoms with Crippen LogP contribution in [0.25, 0.3) is 16.8 Å². The number of benzene rings is 1. The van der Waals surface area contributed by atoms with Crippen LogP contribution >= 0.6 is 0 Å². The predicted molar refractivity (Wildman–Crippen MR) is 155 cm³/mol. The molecule has 0 bridgehead atoms. The molecule has 0 spiro atoms. The summed E-state index contributed by atoms with van der Waals surface area (Å²) in [4.78, 5) is 38.7. The SMILES string of the molecule is C=CS(=O)(=O)N1CCCC[C@H]1c1nc(-c2ccc(C(=O)NC(=O)c3cc(CCC)ccn3)cc2)c2c(N)nccn12. The highest BCUT2D eigenvalue weighted by Crippen LogP contribution is 2.37. The van der Waals surface area contributed by atoms with Crippen LogP contribution in [0.1, 0.15) is 70.9 Å². The van der Waals surface area contributed by atoms with Gasteiger partial charge >= 0.3 is 0 Å². The topological polar surface area (TPSA) is 153 Å². The van der Waals surface area contributed by atoms with E-state index in [-0.39, 0.29) is 17.1 Å². The van der Waals surface area contributed by atoms with Gasteiger partial charge in [0.1, 0.15) is 28.5 Å². The number of nitrogens with one attached hydrogen (secondary N) is 1. The average Bonchev–Trinajstić information content (AvgIpc) is 3.38. The van der Waals surface area contributed by atoms with E-state index in [4.69, 9.17) is 10.7 Å². The van der Waals surface area contributed by atoms with Crippen LogP contribution in [0.2, 0.25) is 0 Å². The van der Waals surface area contributed by atoms with Gasteiger partial charge in [-0.15, -0.1) is 0 Å². The van der Waals surface area contributed by atoms with Crippen molar-refractivity contribution in [2.75, 3.05) is 12.3 Å². The smallest absolute Gasteiger partial charge is 0.276 e. The minimum absolute atomic E-state index is 0.177. The number of hydrogen-bond acceptors (Lipinski definition) is 8. The summed E-state index contributed by atoms with van der Waals surface area (Å²) in [6, 6.07) is 9.61. The number of imidazole rings is 1. The zero-order chi connectivity index (χ0) is 29.1. The molecule has 0 aliphatic carbocycles. The first-order valence-corrected chi connectivity index (χ1v) is 14.9. The van der Waals surface area contributed by atoms with E-state index in [9.17, 15) is 18.0 Å². The van der Waals surface area contributed by atoms with Crippen molar-refractivity contribution in [1.29, 1.82) is 0 Å². The van der Waals surface area contributed by atoms with Crippen molar-refractivity contribution < 1.29 is 18.0 Å². The lowest BCUT2D eigenvalue weighted by molar-refractivity contribution is 0.0846. The Kier molecular flexibility index (Phi) is 7.95. The molecule has 0 radical (unpaired) electrons. The lowest BCUT2D eigenvalue weighted by Crippen LogP contribution is -2.38. The number of aryl methyl sites for hydroxylation is 1. The Labute approximate surface area is 238 Å². The summed E-state index contributed by atoms with van der Waals surface area (Å²) in [5, 5.41) is 3.35. The number of carbonyl (C=O) groups is 2. The Bertz CT molecular complexity index is 1730. The Morgan fingerprint density at radius 1 is 1.12 bits per heavy atom. The minimum atomic E-state index is -3.68. The molecule has 3 N–H and O–H groups in total. The molecule has 0 saturated carbocycles. The fourth-order valence-electron chi connectivity index (χ4n) is 5.15. The quantitative estimate of drug-likeness (QED) is 0.301. The van der Waals surface area contributed by atoms with Gasteiger partial charge in [-0.3, -0.25) is 24.3 Å². The van der Waals surface area contributed by atoms with Crippen LogP contribution in [-0.4, -0.2) is 50.4 Å². The van der Waals surface area contributed by atoms with Crippen molar-refractivity contribution in [1.82, 2.24) is 29.0 Å². The second-order valence-corrected chi connectivity index (χ2v) is 11.7. The van der Waals surface area contributed by atoms with Gasteiger partial charge in [0.05, 0.1) is 6.04 Å². The summed E-state index contributed by atoms with van der Waals surface area (Å²) in [5.41, 5.74) is 9.40. The molecule has 4 heterocycles. The number of anilines is 1. The molecule has 4 aromatic rings. The van der Waals surface area contributed by atoms with Crippen LogP contribution in [-0.2, 0) is 16.4 Å². The monoisotopic (exact) mass is 573 g/mol. The molecule has 1 aliphatic rings. The summed E-state index contributed by atoms with van der Waals surface area (Å²) < 4.78 is 28.8. The largest absolute Gasteiger partial charge is 0.382 e. The van der Waals surface area contributed by atoms with E-state index in [1.807, 2.05) is 13.0 Å². The van der Waals surface area contributed by atoms with Crippen molar-refractivity contribution in [2.24, 2.45) is 0 Å². The number of nitrogens with two attached hydrogens (primary N) is 1. The molecule has 1 atom stereocenters. The zero-order valence-corrected chi connectivity index (χ0v) is 23.5. The number of piperidine rings is 1. The first-order chi connectivity index (χ1) is 19.7. The standard InChI is InChI=1S/C29H31N7O4S/c1-3-7-19-13-14-31-22(18-19)29(38)34-28(37)21-11-9-20(10-12-21)24-25-26(30)32-15-17-35(25)27(33-24)23-8-5-6-16-36(23)41(39,40)4-2/h4,9-15,17-18,23H,2-3,5-8,16H2,1H3,(H2,30,32)(H,34,37,38)/t23-/m0/s1. The number of carbonyl (C=O) groups excluding carboxylic acids is 2. The second-order valence-electron chi connectivity index (χ2n) is 9.84. The first kappa shape index (κ1) is 28.1. The van der Waals surface area contributed by atoms with Crippen LogP contribution in [0.4, 0.5) is 5.82 Å². The maximum absolute atomic E-state index is 12.8. The van der Waals surface area contributed by atoms with Crippen LogP contribution in [0.15, 0.2) is 67.0 Å². The number of rotatable bonds is 8. The van der Waals surface area contributed by atoms with Gasteiger partial charge in [-0.05, 0) is 49.1 Å². The number of imide groups is 1. The Morgan fingerprint density at radius 2 is 1.90 bits per heavy atom. The molecule has 1 saturated heterocycles. The van der Waals surface area contributed by atoms with Gasteiger partial charge in [0, 0.05) is 41.7 Å². The molecule has 11 nitrogen and oxygen atoms in total. The van der Waals surface area contributed by atoms with Crippen LogP contribution < -0.4 is 11.1 Å². The fourth-order valence-corrected chi connectivity index (χ4v) is 6.28. The van der Waals surface area contributed by atoms with Crippen molar-refractivity contribution in [3.8, 4) is 11.3 Å². The van der Waals surface area contributed by atoms with E-state index in [0.29, 0.717) is 35.6 Å². The number of amides is 2. The summed E-state index contributed by atoms with van der Waals surface area (Å²) >= 11 is 0. The molecular weight excluding hydrogens is 542 g/mol. The molecule has 12 heteroatoms. The highest BCUT2D eigenvalue weighted by molar-refractivity contribution is 7.92. The molecule has 41 heavy (non-hydrogen) atoms. The van der Waals surface area contributed by atoms with Gasteiger partial charge in [0.25, 0.3) is 11.8 Å². The van der Waals surface area contributed by atoms with Gasteiger partial charge < -0.3 is 5.73 Å². The van der Waals surface area contributed by atoms with Crippen LogP contribution in [0, 0.1) is 0 Å². The van der Waals surface area contributed by atoms with E-state index < -0.39 is 27.9 Å². The Morgan fingerprint density at radius 3 is 2.63 bits per heavy atom. The number of nitrogens with zero attached hydrogens (tertiary/aromatic N) is 5. The summed E-state index contributed by atoms with van der Waals surface area (Å²) in [5.74, 6) is -0.375. The highest BCUT2D eigenvalue weighted by Gasteiger charge is 2.35. The van der Waals surface area contributed by atoms with E-state index in [1.165, 1.54) is 4.31 Å². The van der Waals surface area contributed by atoms with Gasteiger partial charge in [-0.1, -0.05) is 38.5 Å². The van der Waals surface area contributed by atoms with Gasteiger partial charge in [-0.25, -0.2) is 18.4 Å². The average molecular weight is 574 g/mol. The molecule has 1 aromatic carbocycles. The third-order valence-corrected chi connectivity index (χ3v) is 8.65. The van der Waals surface area contributed by atoms with Crippen molar-refractivity contribution >= 4 is 33.2 Å². The first-order valence-electron chi connectivity index (χ1n) is 13.4. The van der Waals surface area contributed by atoms with E-state index in [1.54, 1.807) is 53.3 Å². The molecular formula is C29H31N7O4S. The Balaban J connectivity index is 1.44. The highest BCUT2D eigenvalue weighted by atomic mass is 32.2. The molecule has 3 aromatic heterocycles. The Hall–Kier alpha value is -4.42. The second kappa shape index (κ2) is 11.6. The lowest BCUT2D eigenvalue weighted by atomic mass is 10.0. The number of sulfonamides is 1. The predicted octanol–water partition coefficient (Wildman–Crippen LogP) is 3.90. The third kappa shape index (κ3) is 5.61. The molecule has 2 amide bonds. The lowest BCUT2D eigenvalue weighted by Gasteiger charge is -2.32. The molecule has 0 unspecified atom stereocenters. The molecule has 5 rings (SSSR count). The molecule has 212 valence electrons. The van der Waals surface area contributed by atoms with Crippen LogP contribution in [0.3, 0.4) is 0 Å². The number of aromatic nitrogens is 4. The maximum Gasteiger partial charge on any atom is 0.276 e. The van der Waals surface area contributed by atoms with Crippen molar-refractivity contribution in [2.45, 2.75) is 45.1 Å². The minimum Gasteiger partial charge on any atom is -0.382 e. The number of pyridine rings is 1. The van der Waals surface area contributed by atoms with Gasteiger partial charge in [-0.2, -0.15) is 4.31 Å². The number of fused-ring (bicyclic) bond motifs is 1. The third-order valence-electron chi connectivity index (χ3n) is 7.14. The summed E-state index contributed by atoms with van der Waals surface area (Å²) in [6.45, 7) is 5.90. The van der Waals surface area contributed by atoms with E-state index >= 15 is 0 Å². The molecule has 1 aliphatic heterocycles. The van der Waals surface area contributed by atoms with Crippen LogP contribution in [0.5, 0.6) is 0 Å². The van der Waals surface area contributed by atoms with Gasteiger partial charge in [0.15, 0.2) is 0 Å². The normalized spacial score (nSPS) is 16.0. The summed E-state index contributed by atoms with van der Waals surface area (Å²) in [7, 11) is -3.68. The molecule has 1 fully saturated rings. The van der Waals surface area contributed by atoms with Crippen molar-refractivity contribution in [3.05, 3.63) is 89.6 Å². The van der Waals surface area contributed by atoms with E-state index in [0.717, 1.165) is 36.7 Å². The summed E-state index contributed by atoms with van der Waals surface area (Å²) in [6.07, 6.45) is 8.74. The van der Waals surface area contributed by atoms with Crippen molar-refractivity contribution in [3.63, 3.8) is 0 Å². The number of nitrogen functional groups attached to an aromatic ring is 1. The fraction of sp³-hybridized carbons (Fsp3) is 0.276. The number of hydrogen-bond donors (Lipinski definition) is 2. The van der Waals surface area contributed by atoms with Gasteiger partial charge in [0.2, 0.25) is 10.0 Å². The van der Waals surface area contributed by atoms with E-state index in [2.05, 4.69) is 21.9 Å².